The van der Waals surface area contributed by atoms with Crippen molar-refractivity contribution in [3.8, 4) is 0 Å². The van der Waals surface area contributed by atoms with Crippen LogP contribution >= 0.6 is 0 Å². The first-order valence-electron chi connectivity index (χ1n) is 4.94. The summed E-state index contributed by atoms with van der Waals surface area (Å²) in [6, 6.07) is 0. The lowest BCUT2D eigenvalue weighted by atomic mass is 9.98. The lowest BCUT2D eigenvalue weighted by Crippen LogP contribution is -2.36. The number of carbonyl (C=O) groups is 1. The van der Waals surface area contributed by atoms with Crippen molar-refractivity contribution in [1.82, 2.24) is 10.6 Å². The Hall–Kier alpha value is -0.770. The summed E-state index contributed by atoms with van der Waals surface area (Å²) in [5.74, 6) is 0.616. The molecule has 1 fully saturated rings. The molecule has 1 aliphatic rings. The number of nitrogens with one attached hydrogen (secondary N) is 2. The second kappa shape index (κ2) is 5.80. The summed E-state index contributed by atoms with van der Waals surface area (Å²) in [5.41, 5.74) is 0. The number of hydrogen-bond acceptors (Lipinski definition) is 3. The smallest absolute Gasteiger partial charge is 0.407 e. The minimum atomic E-state index is -0.291. The Kier molecular flexibility index (Phi) is 4.60. The summed E-state index contributed by atoms with van der Waals surface area (Å²) < 4.78 is 4.77. The third-order valence-corrected chi connectivity index (χ3v) is 2.27. The Morgan fingerprint density at radius 1 is 1.54 bits per heavy atom. The van der Waals surface area contributed by atoms with Crippen molar-refractivity contribution in [2.75, 3.05) is 26.2 Å². The second-order valence-corrected chi connectivity index (χ2v) is 3.29. The standard InChI is InChI=1S/C9H18N2O2/c1-2-13-9(12)11-7-8-3-5-10-6-4-8/h8,10H,2-7H2,1H3,(H,11,12). The van der Waals surface area contributed by atoms with E-state index < -0.39 is 0 Å². The summed E-state index contributed by atoms with van der Waals surface area (Å²) in [4.78, 5) is 10.9. The summed E-state index contributed by atoms with van der Waals surface area (Å²) in [6.07, 6.45) is 2.00. The molecule has 2 N–H and O–H groups in total. The molecule has 76 valence electrons. The molecule has 4 heteroatoms. The molecule has 0 aromatic rings. The Balaban J connectivity index is 2.06. The highest BCUT2D eigenvalue weighted by Crippen LogP contribution is 2.09. The average Bonchev–Trinajstić information content (AvgIpc) is 2.17. The van der Waals surface area contributed by atoms with Crippen LogP contribution in [0.3, 0.4) is 0 Å². The van der Waals surface area contributed by atoms with Crippen molar-refractivity contribution < 1.29 is 9.53 Å². The van der Waals surface area contributed by atoms with Crippen LogP contribution in [-0.2, 0) is 4.74 Å². The zero-order valence-corrected chi connectivity index (χ0v) is 8.14. The molecule has 0 unspecified atom stereocenters. The van der Waals surface area contributed by atoms with Gasteiger partial charge in [-0.3, -0.25) is 0 Å². The van der Waals surface area contributed by atoms with Gasteiger partial charge in [0.15, 0.2) is 0 Å². The molecule has 1 aliphatic heterocycles. The van der Waals surface area contributed by atoms with Gasteiger partial charge in [0.1, 0.15) is 0 Å². The highest BCUT2D eigenvalue weighted by molar-refractivity contribution is 5.66. The van der Waals surface area contributed by atoms with Crippen LogP contribution in [0.2, 0.25) is 0 Å². The van der Waals surface area contributed by atoms with Gasteiger partial charge in [0.2, 0.25) is 0 Å². The normalized spacial score (nSPS) is 18.2. The van der Waals surface area contributed by atoms with E-state index in [2.05, 4.69) is 10.6 Å². The third kappa shape index (κ3) is 4.12. The summed E-state index contributed by atoms with van der Waals surface area (Å²) >= 11 is 0. The van der Waals surface area contributed by atoms with E-state index in [1.54, 1.807) is 0 Å². The molecule has 0 aromatic carbocycles. The predicted octanol–water partition coefficient (Wildman–Crippen LogP) is 0.732. The van der Waals surface area contributed by atoms with E-state index in [-0.39, 0.29) is 6.09 Å². The first-order valence-corrected chi connectivity index (χ1v) is 4.94. The molecular formula is C9H18N2O2. The van der Waals surface area contributed by atoms with Gasteiger partial charge in [0, 0.05) is 6.54 Å². The molecule has 0 aliphatic carbocycles. The van der Waals surface area contributed by atoms with Crippen molar-refractivity contribution >= 4 is 6.09 Å². The molecule has 13 heavy (non-hydrogen) atoms. The fraction of sp³-hybridized carbons (Fsp3) is 0.889. The van der Waals surface area contributed by atoms with Gasteiger partial charge in [-0.2, -0.15) is 0 Å². The Morgan fingerprint density at radius 2 is 2.23 bits per heavy atom. The highest BCUT2D eigenvalue weighted by atomic mass is 16.5. The van der Waals surface area contributed by atoms with Crippen molar-refractivity contribution in [3.05, 3.63) is 0 Å². The van der Waals surface area contributed by atoms with Gasteiger partial charge in [0.05, 0.1) is 6.61 Å². The maximum absolute atomic E-state index is 10.9. The fourth-order valence-electron chi connectivity index (χ4n) is 1.50. The van der Waals surface area contributed by atoms with Gasteiger partial charge in [-0.15, -0.1) is 0 Å². The summed E-state index contributed by atoms with van der Waals surface area (Å²) in [6.45, 7) is 5.13. The van der Waals surface area contributed by atoms with Crippen LogP contribution in [0.4, 0.5) is 4.79 Å². The van der Waals surface area contributed by atoms with E-state index in [9.17, 15) is 4.79 Å². The van der Waals surface area contributed by atoms with Gasteiger partial charge >= 0.3 is 6.09 Å². The summed E-state index contributed by atoms with van der Waals surface area (Å²) in [5, 5.41) is 6.05. The quantitative estimate of drug-likeness (QED) is 0.683. The highest BCUT2D eigenvalue weighted by Gasteiger charge is 2.13. The molecule has 4 nitrogen and oxygen atoms in total. The van der Waals surface area contributed by atoms with Crippen molar-refractivity contribution in [3.63, 3.8) is 0 Å². The molecule has 1 saturated heterocycles. The topological polar surface area (TPSA) is 50.4 Å². The predicted molar refractivity (Wildman–Crippen MR) is 50.6 cm³/mol. The maximum atomic E-state index is 10.9. The number of ether oxygens (including phenoxy) is 1. The van der Waals surface area contributed by atoms with Gasteiger partial charge in [0.25, 0.3) is 0 Å². The first-order chi connectivity index (χ1) is 6.33. The number of rotatable bonds is 3. The van der Waals surface area contributed by atoms with Crippen LogP contribution in [0.15, 0.2) is 0 Å². The minimum absolute atomic E-state index is 0.291. The molecule has 0 atom stereocenters. The van der Waals surface area contributed by atoms with E-state index in [4.69, 9.17) is 4.74 Å². The third-order valence-electron chi connectivity index (χ3n) is 2.27. The summed E-state index contributed by atoms with van der Waals surface area (Å²) in [7, 11) is 0. The van der Waals surface area contributed by atoms with Gasteiger partial charge in [-0.25, -0.2) is 4.79 Å². The Bertz CT molecular complexity index is 156. The molecule has 0 saturated carbocycles. The molecule has 0 bridgehead atoms. The van der Waals surface area contributed by atoms with Crippen LogP contribution in [0, 0.1) is 5.92 Å². The van der Waals surface area contributed by atoms with Crippen LogP contribution in [0.5, 0.6) is 0 Å². The van der Waals surface area contributed by atoms with E-state index in [0.29, 0.717) is 12.5 Å². The minimum Gasteiger partial charge on any atom is -0.450 e. The van der Waals surface area contributed by atoms with Crippen molar-refractivity contribution in [2.24, 2.45) is 5.92 Å². The number of hydrogen-bond donors (Lipinski definition) is 2. The largest absolute Gasteiger partial charge is 0.450 e. The van der Waals surface area contributed by atoms with Crippen LogP contribution < -0.4 is 10.6 Å². The number of piperidine rings is 1. The number of alkyl carbamates (subject to hydrolysis) is 1. The zero-order valence-electron chi connectivity index (χ0n) is 8.14. The van der Waals surface area contributed by atoms with Gasteiger partial charge in [-0.05, 0) is 38.8 Å². The van der Waals surface area contributed by atoms with E-state index >= 15 is 0 Å². The van der Waals surface area contributed by atoms with Crippen molar-refractivity contribution in [2.45, 2.75) is 19.8 Å². The molecule has 1 amide bonds. The van der Waals surface area contributed by atoms with Crippen LogP contribution in [0.25, 0.3) is 0 Å². The van der Waals surface area contributed by atoms with E-state index in [0.717, 1.165) is 32.5 Å². The lowest BCUT2D eigenvalue weighted by molar-refractivity contribution is 0.149. The molecule has 0 aromatic heterocycles. The molecular weight excluding hydrogens is 168 g/mol. The average molecular weight is 186 g/mol. The molecule has 0 radical (unpaired) electrons. The van der Waals surface area contributed by atoms with Crippen LogP contribution in [0.1, 0.15) is 19.8 Å². The second-order valence-electron chi connectivity index (χ2n) is 3.29. The monoisotopic (exact) mass is 186 g/mol. The van der Waals surface area contributed by atoms with Gasteiger partial charge in [-0.1, -0.05) is 0 Å². The maximum Gasteiger partial charge on any atom is 0.407 e. The number of carbonyl (C=O) groups excluding carboxylic acids is 1. The number of amides is 1. The Morgan fingerprint density at radius 3 is 2.85 bits per heavy atom. The fourth-order valence-corrected chi connectivity index (χ4v) is 1.50. The zero-order chi connectivity index (χ0) is 9.52. The first kappa shape index (κ1) is 10.3. The Labute approximate surface area is 79.0 Å². The molecule has 0 spiro atoms. The van der Waals surface area contributed by atoms with Crippen LogP contribution in [-0.4, -0.2) is 32.3 Å². The molecule has 1 heterocycles. The SMILES string of the molecule is CCOC(=O)NCC1CCNCC1. The van der Waals surface area contributed by atoms with Crippen molar-refractivity contribution in [1.29, 1.82) is 0 Å². The lowest BCUT2D eigenvalue weighted by Gasteiger charge is -2.22. The van der Waals surface area contributed by atoms with Gasteiger partial charge < -0.3 is 15.4 Å². The van der Waals surface area contributed by atoms with E-state index in [1.165, 1.54) is 0 Å². The molecule has 1 rings (SSSR count). The van der Waals surface area contributed by atoms with E-state index in [1.807, 2.05) is 6.92 Å².